The summed E-state index contributed by atoms with van der Waals surface area (Å²) < 4.78 is 60.1. The van der Waals surface area contributed by atoms with Gasteiger partial charge >= 0.3 is 6.16 Å². The molecule has 3 aromatic rings. The number of carbonyl (C=O) groups is 2. The van der Waals surface area contributed by atoms with E-state index >= 15 is 4.39 Å². The highest BCUT2D eigenvalue weighted by molar-refractivity contribution is 5.94. The van der Waals surface area contributed by atoms with E-state index in [1.165, 1.54) is 0 Å². The fourth-order valence-corrected chi connectivity index (χ4v) is 6.32. The maximum absolute atomic E-state index is 15.9. The summed E-state index contributed by atoms with van der Waals surface area (Å²) >= 11 is 0. The van der Waals surface area contributed by atoms with Crippen LogP contribution in [0.4, 0.5) is 13.6 Å². The maximum Gasteiger partial charge on any atom is 0.511 e. The summed E-state index contributed by atoms with van der Waals surface area (Å²) in [7, 11) is 0. The molecule has 1 aromatic heterocycles. The Morgan fingerprint density at radius 2 is 1.91 bits per heavy atom. The van der Waals surface area contributed by atoms with Gasteiger partial charge in [-0.2, -0.15) is 5.01 Å². The number of carbonyl (C=O) groups excluding carboxylic acids is 2. The zero-order chi connectivity index (χ0) is 31.1. The van der Waals surface area contributed by atoms with Crippen LogP contribution >= 0.6 is 0 Å². The number of halogens is 2. The van der Waals surface area contributed by atoms with Gasteiger partial charge in [0.1, 0.15) is 12.8 Å². The third kappa shape index (κ3) is 4.93. The molecule has 2 saturated heterocycles. The molecule has 234 valence electrons. The summed E-state index contributed by atoms with van der Waals surface area (Å²) in [6.07, 6.45) is 3.72. The van der Waals surface area contributed by atoms with Gasteiger partial charge in [-0.1, -0.05) is 24.3 Å². The summed E-state index contributed by atoms with van der Waals surface area (Å²) in [6, 6.07) is 13.2. The molecule has 4 aliphatic rings. The third-order valence-electron chi connectivity index (χ3n) is 8.16. The molecule has 7 rings (SSSR count). The van der Waals surface area contributed by atoms with Gasteiger partial charge in [-0.25, -0.2) is 13.6 Å². The minimum atomic E-state index is -0.970. The van der Waals surface area contributed by atoms with Crippen LogP contribution in [0.3, 0.4) is 0 Å². The second kappa shape index (κ2) is 12.0. The second-order valence-electron chi connectivity index (χ2n) is 10.6. The zero-order valence-corrected chi connectivity index (χ0v) is 24.4. The van der Waals surface area contributed by atoms with Crippen LogP contribution in [0.2, 0.25) is 0 Å². The van der Waals surface area contributed by atoms with Gasteiger partial charge in [-0.05, 0) is 48.4 Å². The lowest BCUT2D eigenvalue weighted by molar-refractivity contribution is -0.190. The molecule has 2 fully saturated rings. The molecule has 11 nitrogen and oxygen atoms in total. The Bertz CT molecular complexity index is 1710. The van der Waals surface area contributed by atoms with Crippen molar-refractivity contribution < 1.29 is 42.1 Å². The number of fused-ring (bicyclic) bond motifs is 7. The highest BCUT2D eigenvalue weighted by Crippen LogP contribution is 2.47. The largest absolute Gasteiger partial charge is 0.511 e. The Hall–Kier alpha value is -4.72. The molecule has 0 N–H and O–H groups in total. The van der Waals surface area contributed by atoms with E-state index in [0.717, 1.165) is 17.3 Å². The number of rotatable bonds is 5. The van der Waals surface area contributed by atoms with E-state index in [0.29, 0.717) is 17.9 Å². The van der Waals surface area contributed by atoms with Crippen molar-refractivity contribution in [3.63, 3.8) is 0 Å². The Morgan fingerprint density at radius 1 is 1.04 bits per heavy atom. The van der Waals surface area contributed by atoms with Crippen LogP contribution in [0, 0.1) is 11.6 Å². The Kier molecular flexibility index (Phi) is 7.73. The van der Waals surface area contributed by atoms with Gasteiger partial charge in [-0.15, -0.1) is 0 Å². The number of ether oxygens (including phenoxy) is 5. The molecule has 2 aromatic carbocycles. The van der Waals surface area contributed by atoms with Crippen molar-refractivity contribution in [2.45, 2.75) is 19.1 Å². The van der Waals surface area contributed by atoms with Crippen LogP contribution in [-0.2, 0) is 28.5 Å². The molecule has 45 heavy (non-hydrogen) atoms. The van der Waals surface area contributed by atoms with Crippen molar-refractivity contribution >= 4 is 12.1 Å². The number of aromatic nitrogens is 1. The monoisotopic (exact) mass is 620 g/mol. The molecule has 5 heterocycles. The molecule has 13 heteroatoms. The van der Waals surface area contributed by atoms with Crippen molar-refractivity contribution in [2.24, 2.45) is 0 Å². The average molecular weight is 621 g/mol. The molecular weight excluding hydrogens is 590 g/mol. The van der Waals surface area contributed by atoms with E-state index in [2.05, 4.69) is 0 Å². The van der Waals surface area contributed by atoms with Crippen LogP contribution in [0.15, 0.2) is 78.5 Å². The molecule has 0 bridgehead atoms. The average Bonchev–Trinajstić information content (AvgIpc) is 3.48. The predicted molar refractivity (Wildman–Crippen MR) is 154 cm³/mol. The van der Waals surface area contributed by atoms with Crippen LogP contribution < -0.4 is 0 Å². The second-order valence-corrected chi connectivity index (χ2v) is 10.6. The Labute approximate surface area is 257 Å². The first kappa shape index (κ1) is 29.0. The number of hydrogen-bond acceptors (Lipinski definition) is 9. The van der Waals surface area contributed by atoms with E-state index in [9.17, 15) is 14.0 Å². The molecule has 0 unspecified atom stereocenters. The lowest BCUT2D eigenvalue weighted by atomic mass is 9.91. The van der Waals surface area contributed by atoms with Gasteiger partial charge in [0.25, 0.3) is 5.91 Å². The molecule has 0 radical (unpaired) electrons. The maximum atomic E-state index is 15.9. The molecule has 2 atom stereocenters. The van der Waals surface area contributed by atoms with Gasteiger partial charge in [0.15, 0.2) is 23.1 Å². The third-order valence-corrected chi connectivity index (χ3v) is 8.16. The van der Waals surface area contributed by atoms with Gasteiger partial charge in [0.2, 0.25) is 6.79 Å². The zero-order valence-electron chi connectivity index (χ0n) is 24.4. The summed E-state index contributed by atoms with van der Waals surface area (Å²) in [5.74, 6) is -2.16. The quantitative estimate of drug-likeness (QED) is 0.303. The number of para-hydroxylation sites is 1. The van der Waals surface area contributed by atoms with Crippen molar-refractivity contribution in [1.82, 2.24) is 19.5 Å². The minimum absolute atomic E-state index is 0.0971. The lowest BCUT2D eigenvalue weighted by Gasteiger charge is -2.54. The number of morpholine rings is 1. The van der Waals surface area contributed by atoms with Crippen molar-refractivity contribution in [3.8, 4) is 16.9 Å². The van der Waals surface area contributed by atoms with Crippen molar-refractivity contribution in [3.05, 3.63) is 101 Å². The molecule has 1 amide bonds. The van der Waals surface area contributed by atoms with E-state index < -0.39 is 36.8 Å². The fourth-order valence-electron chi connectivity index (χ4n) is 6.32. The number of nitrogens with zero attached hydrogens (tertiary/aromatic N) is 4. The van der Waals surface area contributed by atoms with Crippen LogP contribution in [-0.4, -0.2) is 84.1 Å². The Balaban J connectivity index is 1.43. The molecule has 0 aliphatic carbocycles. The molecular formula is C32H30F2N4O7. The van der Waals surface area contributed by atoms with Crippen LogP contribution in [0.1, 0.15) is 24.1 Å². The van der Waals surface area contributed by atoms with Crippen LogP contribution in [0.5, 0.6) is 0 Å². The topological polar surface area (TPSA) is 94.9 Å². The summed E-state index contributed by atoms with van der Waals surface area (Å²) in [5.41, 5.74) is 2.79. The standard InChI is InChI=1S/C32H30F2N4O7/c1-2-43-32(40)45-19-44-25-17-41-15-6-13-37-30(25)31(39)36-14-16-42-18-26(36)38(37)29-20-7-3-4-8-23(20)35-12-5-9-24(35)27-21(29)10-11-22(33)28(27)34/h3-13,26,29H,2,14-19H2,1H3/b13-6-,30-25+/t26-,29-/m1/s1. The highest BCUT2D eigenvalue weighted by atomic mass is 19.2. The summed E-state index contributed by atoms with van der Waals surface area (Å²) in [5, 5.41) is 3.61. The number of benzene rings is 2. The number of hydrogen-bond donors (Lipinski definition) is 0. The summed E-state index contributed by atoms with van der Waals surface area (Å²) in [6.45, 7) is 2.08. The van der Waals surface area contributed by atoms with Gasteiger partial charge in [0.05, 0.1) is 43.9 Å². The summed E-state index contributed by atoms with van der Waals surface area (Å²) in [4.78, 5) is 27.7. The SMILES string of the molecule is CCOC(=O)OCO/C1=C2\C(=O)N3CCOC[C@H]3N([C@@H]3c4ccccc4-n4cccc4-c4c3ccc(F)c4F)N2/C=C\COC1. The van der Waals surface area contributed by atoms with E-state index in [-0.39, 0.29) is 55.9 Å². The molecule has 4 aliphatic heterocycles. The van der Waals surface area contributed by atoms with Gasteiger partial charge in [0, 0.05) is 24.5 Å². The normalized spacial score (nSPS) is 23.3. The smallest absolute Gasteiger partial charge is 0.457 e. The highest BCUT2D eigenvalue weighted by Gasteiger charge is 2.50. The van der Waals surface area contributed by atoms with E-state index in [4.69, 9.17) is 23.7 Å². The van der Waals surface area contributed by atoms with E-state index in [1.54, 1.807) is 47.3 Å². The van der Waals surface area contributed by atoms with Gasteiger partial charge in [-0.3, -0.25) is 9.80 Å². The first-order valence-corrected chi connectivity index (χ1v) is 14.6. The first-order chi connectivity index (χ1) is 22.0. The minimum Gasteiger partial charge on any atom is -0.457 e. The van der Waals surface area contributed by atoms with Gasteiger partial charge < -0.3 is 33.2 Å². The molecule has 0 saturated carbocycles. The number of hydrazine groups is 1. The lowest BCUT2D eigenvalue weighted by Crippen LogP contribution is -2.67. The Morgan fingerprint density at radius 3 is 2.78 bits per heavy atom. The predicted octanol–water partition coefficient (Wildman–Crippen LogP) is 4.45. The fraction of sp³-hybridized carbons (Fsp3) is 0.312. The number of amides is 1. The van der Waals surface area contributed by atoms with E-state index in [1.807, 2.05) is 40.0 Å². The van der Waals surface area contributed by atoms with Crippen molar-refractivity contribution in [1.29, 1.82) is 0 Å². The van der Waals surface area contributed by atoms with Crippen molar-refractivity contribution in [2.75, 3.05) is 46.4 Å². The van der Waals surface area contributed by atoms with Crippen LogP contribution in [0.25, 0.3) is 16.9 Å². The first-order valence-electron chi connectivity index (χ1n) is 14.6. The molecule has 0 spiro atoms.